The number of nitrogens with zero attached hydrogens (tertiary/aromatic N) is 3. The Morgan fingerprint density at radius 1 is 1.19 bits per heavy atom. The topological polar surface area (TPSA) is 154 Å². The Labute approximate surface area is 243 Å². The van der Waals surface area contributed by atoms with Crippen molar-refractivity contribution in [3.63, 3.8) is 0 Å². The quantitative estimate of drug-likeness (QED) is 0.128. The summed E-state index contributed by atoms with van der Waals surface area (Å²) in [4.78, 5) is 29.7. The number of nitrogen functional groups attached to an aromatic ring is 1. The molecule has 42 heavy (non-hydrogen) atoms. The summed E-state index contributed by atoms with van der Waals surface area (Å²) in [5.74, 6) is -0.736. The van der Waals surface area contributed by atoms with E-state index in [1.54, 1.807) is 60.7 Å². The molecule has 0 fully saturated rings. The highest BCUT2D eigenvalue weighted by molar-refractivity contribution is 5.95. The summed E-state index contributed by atoms with van der Waals surface area (Å²) in [6.07, 6.45) is 0.617. The van der Waals surface area contributed by atoms with E-state index in [0.717, 1.165) is 10.2 Å². The number of para-hydroxylation sites is 2. The lowest BCUT2D eigenvalue weighted by atomic mass is 10.00. The van der Waals surface area contributed by atoms with Crippen molar-refractivity contribution < 1.29 is 13.9 Å². The van der Waals surface area contributed by atoms with Crippen LogP contribution in [0.15, 0.2) is 65.5 Å². The predicted octanol–water partition coefficient (Wildman–Crippen LogP) is 3.65. The number of H-pyrrole nitrogens is 1. The summed E-state index contributed by atoms with van der Waals surface area (Å²) >= 11 is 0. The number of rotatable bonds is 12. The van der Waals surface area contributed by atoms with Crippen LogP contribution in [0.4, 0.5) is 15.8 Å². The minimum absolute atomic E-state index is 0.0831. The molecule has 0 aliphatic rings. The van der Waals surface area contributed by atoms with Crippen LogP contribution >= 0.6 is 0 Å². The summed E-state index contributed by atoms with van der Waals surface area (Å²) in [6.45, 7) is 4.21. The van der Waals surface area contributed by atoms with Crippen LogP contribution in [-0.4, -0.2) is 58.7 Å². The molecule has 0 radical (unpaired) electrons. The number of ether oxygens (including phenoxy) is 1. The SMILES string of the molecule is CCc1cc(OCCN(C)C)c(F)c(C(Nc2ccc(C(=N)N)cc2)c2nn(-c3ccccc3NC(C)=O)c(=O)[nH]2)c1. The molecule has 3 aromatic carbocycles. The zero-order chi connectivity index (χ0) is 30.4. The molecule has 1 unspecified atom stereocenters. The van der Waals surface area contributed by atoms with Crippen LogP contribution in [0.1, 0.15) is 42.4 Å². The fraction of sp³-hybridized carbons (Fsp3) is 0.267. The van der Waals surface area contributed by atoms with E-state index in [1.165, 1.54) is 6.92 Å². The van der Waals surface area contributed by atoms with Gasteiger partial charge in [-0.15, -0.1) is 5.10 Å². The van der Waals surface area contributed by atoms with Gasteiger partial charge in [0, 0.05) is 30.3 Å². The molecule has 11 nitrogen and oxygen atoms in total. The third kappa shape index (κ3) is 7.02. The zero-order valence-corrected chi connectivity index (χ0v) is 24.0. The van der Waals surface area contributed by atoms with Gasteiger partial charge < -0.3 is 26.0 Å². The largest absolute Gasteiger partial charge is 0.489 e. The molecule has 6 N–H and O–H groups in total. The molecule has 0 saturated carbocycles. The number of amidine groups is 1. The Morgan fingerprint density at radius 3 is 2.55 bits per heavy atom. The number of nitrogens with one attached hydrogen (secondary N) is 4. The van der Waals surface area contributed by atoms with Gasteiger partial charge >= 0.3 is 5.69 Å². The fourth-order valence-corrected chi connectivity index (χ4v) is 4.33. The molecular formula is C30H35FN8O3. The van der Waals surface area contributed by atoms with Crippen LogP contribution in [0.2, 0.25) is 0 Å². The third-order valence-corrected chi connectivity index (χ3v) is 6.50. The van der Waals surface area contributed by atoms with E-state index in [4.69, 9.17) is 15.9 Å². The van der Waals surface area contributed by atoms with Crippen molar-refractivity contribution in [2.45, 2.75) is 26.3 Å². The third-order valence-electron chi connectivity index (χ3n) is 6.50. The van der Waals surface area contributed by atoms with Crippen LogP contribution < -0.4 is 26.8 Å². The standard InChI is InChI=1S/C30H35FN8O3/c1-5-19-16-22(26(31)25(17-19)42-15-14-38(3)4)27(35-21-12-10-20(11-13-21)28(32)33)29-36-30(41)39(37-29)24-9-7-6-8-23(24)34-18(2)40/h6-13,16-17,27,35H,5,14-15H2,1-4H3,(H3,32,33)(H,34,40)(H,36,37,41). The number of anilines is 2. The Morgan fingerprint density at radius 2 is 1.90 bits per heavy atom. The van der Waals surface area contributed by atoms with E-state index in [1.807, 2.05) is 25.9 Å². The van der Waals surface area contributed by atoms with Crippen molar-refractivity contribution in [2.24, 2.45) is 5.73 Å². The molecule has 0 bridgehead atoms. The first-order valence-electron chi connectivity index (χ1n) is 13.4. The lowest BCUT2D eigenvalue weighted by molar-refractivity contribution is -0.114. The van der Waals surface area contributed by atoms with E-state index in [0.29, 0.717) is 35.6 Å². The number of amides is 1. The highest BCUT2D eigenvalue weighted by atomic mass is 19.1. The summed E-state index contributed by atoms with van der Waals surface area (Å²) < 4.78 is 23.1. The maximum atomic E-state index is 16.2. The smallest absolute Gasteiger partial charge is 0.348 e. The first-order chi connectivity index (χ1) is 20.1. The van der Waals surface area contributed by atoms with Gasteiger partial charge in [0.25, 0.3) is 0 Å². The van der Waals surface area contributed by atoms with Crippen molar-refractivity contribution in [1.29, 1.82) is 5.41 Å². The van der Waals surface area contributed by atoms with Gasteiger partial charge in [-0.05, 0) is 68.5 Å². The first-order valence-corrected chi connectivity index (χ1v) is 13.4. The first kappa shape index (κ1) is 30.0. The van der Waals surface area contributed by atoms with E-state index in [2.05, 4.69) is 20.7 Å². The highest BCUT2D eigenvalue weighted by Gasteiger charge is 2.26. The number of nitrogens with two attached hydrogens (primary N) is 1. The number of benzene rings is 3. The average Bonchev–Trinajstić information content (AvgIpc) is 3.33. The van der Waals surface area contributed by atoms with E-state index >= 15 is 4.39 Å². The van der Waals surface area contributed by atoms with Crippen LogP contribution in [0.25, 0.3) is 5.69 Å². The van der Waals surface area contributed by atoms with E-state index < -0.39 is 17.5 Å². The lowest BCUT2D eigenvalue weighted by Gasteiger charge is -2.22. The maximum Gasteiger partial charge on any atom is 0.348 e. The summed E-state index contributed by atoms with van der Waals surface area (Å²) in [7, 11) is 3.81. The molecule has 0 saturated heterocycles. The maximum absolute atomic E-state index is 16.2. The van der Waals surface area contributed by atoms with Gasteiger partial charge in [0.1, 0.15) is 18.5 Å². The van der Waals surface area contributed by atoms with Crippen LogP contribution in [0.3, 0.4) is 0 Å². The normalized spacial score (nSPS) is 11.8. The van der Waals surface area contributed by atoms with Crippen LogP contribution in [-0.2, 0) is 11.2 Å². The minimum Gasteiger partial charge on any atom is -0.489 e. The number of halogens is 1. The number of aryl methyl sites for hydroxylation is 1. The second kappa shape index (κ2) is 13.1. The van der Waals surface area contributed by atoms with Crippen LogP contribution in [0, 0.1) is 11.2 Å². The summed E-state index contributed by atoms with van der Waals surface area (Å²) in [5.41, 5.74) is 7.94. The highest BCUT2D eigenvalue weighted by Crippen LogP contribution is 2.33. The molecule has 0 aliphatic carbocycles. The molecule has 4 aromatic rings. The van der Waals surface area contributed by atoms with Gasteiger partial charge in [0.2, 0.25) is 5.91 Å². The molecule has 4 rings (SSSR count). The molecule has 1 amide bonds. The zero-order valence-electron chi connectivity index (χ0n) is 24.0. The van der Waals surface area contributed by atoms with Gasteiger partial charge in [-0.3, -0.25) is 15.2 Å². The molecule has 220 valence electrons. The number of aromatic amines is 1. The summed E-state index contributed by atoms with van der Waals surface area (Å²) in [5, 5.41) is 18.2. The summed E-state index contributed by atoms with van der Waals surface area (Å²) in [6, 6.07) is 16.0. The van der Waals surface area contributed by atoms with Crippen molar-refractivity contribution in [2.75, 3.05) is 37.9 Å². The number of carbonyl (C=O) groups is 1. The molecular weight excluding hydrogens is 539 g/mol. The van der Waals surface area contributed by atoms with Crippen molar-refractivity contribution >= 4 is 23.1 Å². The van der Waals surface area contributed by atoms with E-state index in [-0.39, 0.29) is 35.5 Å². The van der Waals surface area contributed by atoms with Crippen molar-refractivity contribution in [1.82, 2.24) is 19.7 Å². The second-order valence-corrected chi connectivity index (χ2v) is 10.00. The lowest BCUT2D eigenvalue weighted by Crippen LogP contribution is -2.21. The number of aromatic nitrogens is 3. The minimum atomic E-state index is -0.947. The monoisotopic (exact) mass is 574 g/mol. The molecule has 1 heterocycles. The number of likely N-dealkylation sites (N-methyl/N-ethyl adjacent to an activating group) is 1. The van der Waals surface area contributed by atoms with E-state index in [9.17, 15) is 9.59 Å². The van der Waals surface area contributed by atoms with Crippen LogP contribution in [0.5, 0.6) is 5.75 Å². The molecule has 1 aromatic heterocycles. The van der Waals surface area contributed by atoms with Gasteiger partial charge in [0.05, 0.1) is 11.4 Å². The Kier molecular flexibility index (Phi) is 9.38. The predicted molar refractivity (Wildman–Crippen MR) is 161 cm³/mol. The molecule has 0 aliphatic heterocycles. The Balaban J connectivity index is 1.84. The fourth-order valence-electron chi connectivity index (χ4n) is 4.33. The second-order valence-electron chi connectivity index (χ2n) is 10.00. The molecule has 1 atom stereocenters. The molecule has 0 spiro atoms. The number of hydrogen-bond donors (Lipinski definition) is 5. The van der Waals surface area contributed by atoms with Gasteiger partial charge in [-0.2, -0.15) is 4.68 Å². The molecule has 12 heteroatoms. The van der Waals surface area contributed by atoms with Gasteiger partial charge in [-0.1, -0.05) is 25.1 Å². The van der Waals surface area contributed by atoms with Gasteiger partial charge in [-0.25, -0.2) is 9.18 Å². The van der Waals surface area contributed by atoms with Crippen molar-refractivity contribution in [3.05, 3.63) is 99.5 Å². The average molecular weight is 575 g/mol. The number of hydrogen-bond acceptors (Lipinski definition) is 7. The number of carbonyl (C=O) groups excluding carboxylic acids is 1. The van der Waals surface area contributed by atoms with Crippen molar-refractivity contribution in [3.8, 4) is 11.4 Å². The Bertz CT molecular complexity index is 1630. The van der Waals surface area contributed by atoms with Gasteiger partial charge in [0.15, 0.2) is 17.4 Å². The Hall–Kier alpha value is -4.97.